The van der Waals surface area contributed by atoms with Crippen molar-refractivity contribution in [1.29, 1.82) is 0 Å². The van der Waals surface area contributed by atoms with E-state index in [0.717, 1.165) is 16.9 Å². The van der Waals surface area contributed by atoms with Gasteiger partial charge in [-0.2, -0.15) is 0 Å². The molecule has 4 rings (SSSR count). The molecule has 28 heavy (non-hydrogen) atoms. The standard InChI is InChI=1S/C21H20Cl2N2O3/c1-26-18-6-3-16(4-7-18)21(13-25-9-8-24-14-25)27-12-19(28-21)10-15-2-5-17(22)11-20(15)23/h2-9,11,14,19H,10,12-13H2,1H3. The molecule has 0 amide bonds. The SMILES string of the molecule is COc1ccc(C2(Cn3ccnc3)OCC(Cc3ccc(Cl)cc3Cl)O2)cc1. The summed E-state index contributed by atoms with van der Waals surface area (Å²) in [4.78, 5) is 4.12. The van der Waals surface area contributed by atoms with Crippen LogP contribution in [-0.4, -0.2) is 29.4 Å². The van der Waals surface area contributed by atoms with Gasteiger partial charge in [0.15, 0.2) is 0 Å². The quantitative estimate of drug-likeness (QED) is 0.581. The molecule has 1 aliphatic heterocycles. The normalized spacial score (nSPS) is 21.8. The van der Waals surface area contributed by atoms with Gasteiger partial charge < -0.3 is 18.8 Å². The molecular formula is C21H20Cl2N2O3. The van der Waals surface area contributed by atoms with Crippen LogP contribution in [-0.2, 0) is 28.2 Å². The highest BCUT2D eigenvalue weighted by atomic mass is 35.5. The number of methoxy groups -OCH3 is 1. The van der Waals surface area contributed by atoms with Crippen molar-refractivity contribution in [2.75, 3.05) is 13.7 Å². The fourth-order valence-electron chi connectivity index (χ4n) is 3.39. The zero-order valence-corrected chi connectivity index (χ0v) is 16.9. The van der Waals surface area contributed by atoms with E-state index in [1.165, 1.54) is 0 Å². The van der Waals surface area contributed by atoms with E-state index < -0.39 is 5.79 Å². The molecule has 7 heteroatoms. The largest absolute Gasteiger partial charge is 0.497 e. The van der Waals surface area contributed by atoms with Gasteiger partial charge >= 0.3 is 0 Å². The van der Waals surface area contributed by atoms with Crippen molar-refractivity contribution >= 4 is 23.2 Å². The number of ether oxygens (including phenoxy) is 3. The van der Waals surface area contributed by atoms with Gasteiger partial charge in [0.2, 0.25) is 5.79 Å². The maximum atomic E-state index is 6.47. The smallest absolute Gasteiger partial charge is 0.213 e. The number of imidazole rings is 1. The fraction of sp³-hybridized carbons (Fsp3) is 0.286. The molecule has 0 aliphatic carbocycles. The lowest BCUT2D eigenvalue weighted by Crippen LogP contribution is -2.33. The summed E-state index contributed by atoms with van der Waals surface area (Å²) < 4.78 is 19.9. The number of hydrogen-bond acceptors (Lipinski definition) is 4. The average Bonchev–Trinajstić information content (AvgIpc) is 3.35. The second-order valence-corrected chi connectivity index (χ2v) is 7.55. The van der Waals surface area contributed by atoms with E-state index in [2.05, 4.69) is 4.98 Å². The Balaban J connectivity index is 1.59. The van der Waals surface area contributed by atoms with Crippen LogP contribution in [0.3, 0.4) is 0 Å². The highest BCUT2D eigenvalue weighted by Gasteiger charge is 2.43. The Hall–Kier alpha value is -2.05. The number of hydrogen-bond donors (Lipinski definition) is 0. The minimum atomic E-state index is -0.906. The van der Waals surface area contributed by atoms with E-state index in [0.29, 0.717) is 29.6 Å². The van der Waals surface area contributed by atoms with Crippen LogP contribution in [0.15, 0.2) is 61.2 Å². The van der Waals surface area contributed by atoms with Gasteiger partial charge in [-0.3, -0.25) is 0 Å². The maximum Gasteiger partial charge on any atom is 0.213 e. The molecule has 1 aromatic heterocycles. The van der Waals surface area contributed by atoms with Crippen LogP contribution in [0.4, 0.5) is 0 Å². The van der Waals surface area contributed by atoms with Gasteiger partial charge in [-0.25, -0.2) is 4.98 Å². The average molecular weight is 419 g/mol. The Kier molecular flexibility index (Phi) is 5.60. The summed E-state index contributed by atoms with van der Waals surface area (Å²) in [5.74, 6) is -0.125. The molecule has 0 bridgehead atoms. The van der Waals surface area contributed by atoms with E-state index in [1.807, 2.05) is 47.2 Å². The molecule has 0 saturated carbocycles. The Bertz CT molecular complexity index is 931. The van der Waals surface area contributed by atoms with Crippen molar-refractivity contribution in [2.24, 2.45) is 0 Å². The van der Waals surface area contributed by atoms with Crippen LogP contribution in [0, 0.1) is 0 Å². The summed E-state index contributed by atoms with van der Waals surface area (Å²) in [6.45, 7) is 0.948. The second kappa shape index (κ2) is 8.13. The predicted molar refractivity (Wildman–Crippen MR) is 108 cm³/mol. The van der Waals surface area contributed by atoms with Crippen LogP contribution in [0.5, 0.6) is 5.75 Å². The van der Waals surface area contributed by atoms with Crippen molar-refractivity contribution in [3.05, 3.63) is 82.4 Å². The van der Waals surface area contributed by atoms with E-state index in [1.54, 1.807) is 25.7 Å². The summed E-state index contributed by atoms with van der Waals surface area (Å²) >= 11 is 12.3. The van der Waals surface area contributed by atoms with Gasteiger partial charge in [-0.15, -0.1) is 0 Å². The summed E-state index contributed by atoms with van der Waals surface area (Å²) in [7, 11) is 1.64. The molecule has 0 radical (unpaired) electrons. The molecule has 0 spiro atoms. The minimum absolute atomic E-state index is 0.135. The molecule has 0 N–H and O–H groups in total. The van der Waals surface area contributed by atoms with Gasteiger partial charge in [0.05, 0.1) is 32.7 Å². The monoisotopic (exact) mass is 418 g/mol. The lowest BCUT2D eigenvalue weighted by molar-refractivity contribution is -0.186. The first-order valence-electron chi connectivity index (χ1n) is 8.94. The number of aromatic nitrogens is 2. The van der Waals surface area contributed by atoms with E-state index >= 15 is 0 Å². The Labute approximate surface area is 173 Å². The molecule has 2 unspecified atom stereocenters. The number of benzene rings is 2. The first kappa shape index (κ1) is 19.3. The molecule has 5 nitrogen and oxygen atoms in total. The number of rotatable bonds is 6. The summed E-state index contributed by atoms with van der Waals surface area (Å²) in [6.07, 6.45) is 5.88. The third-order valence-corrected chi connectivity index (χ3v) is 5.39. The highest BCUT2D eigenvalue weighted by Crippen LogP contribution is 2.38. The predicted octanol–water partition coefficient (Wildman–Crippen LogP) is 4.71. The van der Waals surface area contributed by atoms with Crippen molar-refractivity contribution in [3.8, 4) is 5.75 Å². The zero-order valence-electron chi connectivity index (χ0n) is 15.3. The Morgan fingerprint density at radius 3 is 2.71 bits per heavy atom. The fourth-order valence-corrected chi connectivity index (χ4v) is 3.87. The Morgan fingerprint density at radius 2 is 2.04 bits per heavy atom. The summed E-state index contributed by atoms with van der Waals surface area (Å²) in [6, 6.07) is 13.2. The van der Waals surface area contributed by atoms with Crippen LogP contribution in [0.25, 0.3) is 0 Å². The van der Waals surface area contributed by atoms with Gasteiger partial charge in [-0.1, -0.05) is 29.3 Å². The maximum absolute atomic E-state index is 6.47. The number of halogens is 2. The van der Waals surface area contributed by atoms with Crippen LogP contribution < -0.4 is 4.74 Å². The third kappa shape index (κ3) is 4.03. The van der Waals surface area contributed by atoms with Gasteiger partial charge in [0.1, 0.15) is 5.75 Å². The van der Waals surface area contributed by atoms with Crippen LogP contribution in [0.1, 0.15) is 11.1 Å². The molecule has 2 atom stereocenters. The molecule has 1 aliphatic rings. The van der Waals surface area contributed by atoms with Crippen LogP contribution >= 0.6 is 23.2 Å². The van der Waals surface area contributed by atoms with E-state index in [-0.39, 0.29) is 6.10 Å². The number of nitrogens with zero attached hydrogens (tertiary/aromatic N) is 2. The van der Waals surface area contributed by atoms with Crippen molar-refractivity contribution in [1.82, 2.24) is 9.55 Å². The summed E-state index contributed by atoms with van der Waals surface area (Å²) in [5, 5.41) is 1.25. The van der Waals surface area contributed by atoms with Crippen LogP contribution in [0.2, 0.25) is 10.0 Å². The molecule has 1 fully saturated rings. The molecular weight excluding hydrogens is 399 g/mol. The first-order chi connectivity index (χ1) is 13.6. The van der Waals surface area contributed by atoms with E-state index in [9.17, 15) is 0 Å². The first-order valence-corrected chi connectivity index (χ1v) is 9.69. The molecule has 146 valence electrons. The molecule has 2 heterocycles. The lowest BCUT2D eigenvalue weighted by Gasteiger charge is -2.29. The molecule has 3 aromatic rings. The molecule has 2 aromatic carbocycles. The third-order valence-electron chi connectivity index (χ3n) is 4.80. The van der Waals surface area contributed by atoms with Crippen molar-refractivity contribution in [3.63, 3.8) is 0 Å². The lowest BCUT2D eigenvalue weighted by atomic mass is 10.0. The minimum Gasteiger partial charge on any atom is -0.497 e. The summed E-state index contributed by atoms with van der Waals surface area (Å²) in [5.41, 5.74) is 1.90. The van der Waals surface area contributed by atoms with Gasteiger partial charge in [0.25, 0.3) is 0 Å². The molecule has 1 saturated heterocycles. The van der Waals surface area contributed by atoms with Crippen molar-refractivity contribution in [2.45, 2.75) is 24.9 Å². The topological polar surface area (TPSA) is 45.5 Å². The zero-order chi connectivity index (χ0) is 19.6. The second-order valence-electron chi connectivity index (χ2n) is 6.71. The van der Waals surface area contributed by atoms with Gasteiger partial charge in [0, 0.05) is 34.4 Å². The van der Waals surface area contributed by atoms with Crippen molar-refractivity contribution < 1.29 is 14.2 Å². The Morgan fingerprint density at radius 1 is 1.21 bits per heavy atom. The van der Waals surface area contributed by atoms with E-state index in [4.69, 9.17) is 37.4 Å². The highest BCUT2D eigenvalue weighted by molar-refractivity contribution is 6.35. The van der Waals surface area contributed by atoms with Gasteiger partial charge in [-0.05, 0) is 42.0 Å².